The Morgan fingerprint density at radius 1 is 1.47 bits per heavy atom. The number of halogens is 1. The van der Waals surface area contributed by atoms with Crippen LogP contribution in [-0.2, 0) is 6.61 Å². The van der Waals surface area contributed by atoms with Gasteiger partial charge in [-0.2, -0.15) is 0 Å². The highest BCUT2D eigenvalue weighted by molar-refractivity contribution is 5.36. The lowest BCUT2D eigenvalue weighted by Crippen LogP contribution is -2.02. The van der Waals surface area contributed by atoms with E-state index < -0.39 is 0 Å². The first-order valence-electron chi connectivity index (χ1n) is 4.48. The lowest BCUT2D eigenvalue weighted by Gasteiger charge is -2.06. The predicted molar refractivity (Wildman–Crippen MR) is 52.0 cm³/mol. The topological polar surface area (TPSA) is 50.9 Å². The molecule has 78 valence electrons. The van der Waals surface area contributed by atoms with Gasteiger partial charge >= 0.3 is 0 Å². The van der Waals surface area contributed by atoms with Gasteiger partial charge in [-0.05, 0) is 24.6 Å². The minimum atomic E-state index is -0.357. The maximum atomic E-state index is 13.6. The molecule has 5 heteroatoms. The average molecular weight is 207 g/mol. The lowest BCUT2D eigenvalue weighted by atomic mass is 10.2. The van der Waals surface area contributed by atoms with Crippen LogP contribution in [0.2, 0.25) is 0 Å². The van der Waals surface area contributed by atoms with Crippen LogP contribution in [0.5, 0.6) is 0 Å². The number of hydrogen-bond donors (Lipinski definition) is 1. The average Bonchev–Trinajstić information content (AvgIpc) is 2.65. The van der Waals surface area contributed by atoms with E-state index in [9.17, 15) is 4.39 Å². The molecular weight excluding hydrogens is 197 g/mol. The standard InChI is InChI=1S/C10H10FN3O/c1-7-2-3-9(8(11)4-7)14-6-12-13-10(14)5-15/h2-4,6,15H,5H2,1H3. The molecule has 0 bridgehead atoms. The van der Waals surface area contributed by atoms with E-state index in [4.69, 9.17) is 5.11 Å². The van der Waals surface area contributed by atoms with Crippen molar-refractivity contribution in [2.45, 2.75) is 13.5 Å². The van der Waals surface area contributed by atoms with Gasteiger partial charge in [0.15, 0.2) is 5.82 Å². The van der Waals surface area contributed by atoms with Crippen LogP contribution in [0.25, 0.3) is 5.69 Å². The smallest absolute Gasteiger partial charge is 0.163 e. The van der Waals surface area contributed by atoms with Crippen molar-refractivity contribution < 1.29 is 9.50 Å². The van der Waals surface area contributed by atoms with Gasteiger partial charge in [0, 0.05) is 0 Å². The van der Waals surface area contributed by atoms with E-state index in [1.165, 1.54) is 17.0 Å². The summed E-state index contributed by atoms with van der Waals surface area (Å²) in [5.41, 5.74) is 1.18. The third-order valence-corrected chi connectivity index (χ3v) is 2.12. The molecule has 2 aromatic rings. The second-order valence-electron chi connectivity index (χ2n) is 3.23. The first-order chi connectivity index (χ1) is 7.22. The van der Waals surface area contributed by atoms with Crippen LogP contribution < -0.4 is 0 Å². The van der Waals surface area contributed by atoms with Gasteiger partial charge in [-0.25, -0.2) is 4.39 Å². The molecule has 2 rings (SSSR count). The Morgan fingerprint density at radius 2 is 2.27 bits per heavy atom. The van der Waals surface area contributed by atoms with Crippen LogP contribution in [-0.4, -0.2) is 19.9 Å². The van der Waals surface area contributed by atoms with E-state index >= 15 is 0 Å². The molecular formula is C10H10FN3O. The minimum Gasteiger partial charge on any atom is -0.388 e. The fourth-order valence-corrected chi connectivity index (χ4v) is 1.38. The quantitative estimate of drug-likeness (QED) is 0.805. The third kappa shape index (κ3) is 1.73. The van der Waals surface area contributed by atoms with E-state index in [1.807, 2.05) is 6.92 Å². The number of benzene rings is 1. The predicted octanol–water partition coefficient (Wildman–Crippen LogP) is 1.21. The Kier molecular flexibility index (Phi) is 2.47. The van der Waals surface area contributed by atoms with Crippen molar-refractivity contribution in [2.24, 2.45) is 0 Å². The van der Waals surface area contributed by atoms with Crippen LogP contribution in [0.15, 0.2) is 24.5 Å². The lowest BCUT2D eigenvalue weighted by molar-refractivity contribution is 0.268. The van der Waals surface area contributed by atoms with Crippen molar-refractivity contribution in [1.82, 2.24) is 14.8 Å². The molecule has 0 aliphatic carbocycles. The molecule has 0 radical (unpaired) electrons. The summed E-state index contributed by atoms with van der Waals surface area (Å²) < 4.78 is 15.0. The van der Waals surface area contributed by atoms with E-state index in [1.54, 1.807) is 12.1 Å². The maximum absolute atomic E-state index is 13.6. The molecule has 0 atom stereocenters. The summed E-state index contributed by atoms with van der Waals surface area (Å²) >= 11 is 0. The van der Waals surface area contributed by atoms with E-state index in [2.05, 4.69) is 10.2 Å². The Hall–Kier alpha value is -1.75. The molecule has 15 heavy (non-hydrogen) atoms. The molecule has 0 amide bonds. The van der Waals surface area contributed by atoms with Crippen molar-refractivity contribution >= 4 is 0 Å². The summed E-state index contributed by atoms with van der Waals surface area (Å²) in [6.45, 7) is 1.54. The molecule has 0 aliphatic rings. The van der Waals surface area contributed by atoms with E-state index in [0.29, 0.717) is 11.5 Å². The molecule has 1 aromatic heterocycles. The van der Waals surface area contributed by atoms with Crippen molar-refractivity contribution in [2.75, 3.05) is 0 Å². The molecule has 0 saturated carbocycles. The number of aliphatic hydroxyl groups is 1. The van der Waals surface area contributed by atoms with Crippen molar-refractivity contribution in [1.29, 1.82) is 0 Å². The van der Waals surface area contributed by atoms with Gasteiger partial charge < -0.3 is 5.11 Å². The van der Waals surface area contributed by atoms with Crippen molar-refractivity contribution in [3.63, 3.8) is 0 Å². The monoisotopic (exact) mass is 207 g/mol. The van der Waals surface area contributed by atoms with Gasteiger partial charge in [-0.3, -0.25) is 4.57 Å². The summed E-state index contributed by atoms with van der Waals surface area (Å²) in [4.78, 5) is 0. The zero-order chi connectivity index (χ0) is 10.8. The molecule has 0 aliphatic heterocycles. The maximum Gasteiger partial charge on any atom is 0.163 e. The Morgan fingerprint density at radius 3 is 2.93 bits per heavy atom. The van der Waals surface area contributed by atoms with Crippen LogP contribution in [0.1, 0.15) is 11.4 Å². The Bertz CT molecular complexity index is 481. The largest absolute Gasteiger partial charge is 0.388 e. The molecule has 4 nitrogen and oxygen atoms in total. The van der Waals surface area contributed by atoms with Gasteiger partial charge in [-0.1, -0.05) is 6.07 Å². The van der Waals surface area contributed by atoms with Gasteiger partial charge in [0.05, 0.1) is 5.69 Å². The van der Waals surface area contributed by atoms with Crippen LogP contribution >= 0.6 is 0 Å². The molecule has 0 fully saturated rings. The van der Waals surface area contributed by atoms with Crippen LogP contribution in [0.4, 0.5) is 4.39 Å². The van der Waals surface area contributed by atoms with Crippen LogP contribution in [0.3, 0.4) is 0 Å². The van der Waals surface area contributed by atoms with Crippen molar-refractivity contribution in [3.05, 3.63) is 41.7 Å². The van der Waals surface area contributed by atoms with Gasteiger partial charge in [0.1, 0.15) is 18.8 Å². The molecule has 0 saturated heterocycles. The van der Waals surface area contributed by atoms with Gasteiger partial charge in [0.25, 0.3) is 0 Å². The van der Waals surface area contributed by atoms with Gasteiger partial charge in [0.2, 0.25) is 0 Å². The number of nitrogens with zero attached hydrogens (tertiary/aromatic N) is 3. The second-order valence-corrected chi connectivity index (χ2v) is 3.23. The number of aromatic nitrogens is 3. The molecule has 1 heterocycles. The Labute approximate surface area is 86.0 Å². The second kappa shape index (κ2) is 3.78. The highest BCUT2D eigenvalue weighted by Crippen LogP contribution is 2.15. The zero-order valence-corrected chi connectivity index (χ0v) is 8.18. The number of rotatable bonds is 2. The summed E-state index contributed by atoms with van der Waals surface area (Å²) in [5.74, 6) is -0.0396. The minimum absolute atomic E-state index is 0.271. The van der Waals surface area contributed by atoms with E-state index in [0.717, 1.165) is 5.56 Å². The highest BCUT2D eigenvalue weighted by atomic mass is 19.1. The fourth-order valence-electron chi connectivity index (χ4n) is 1.38. The normalized spacial score (nSPS) is 10.6. The zero-order valence-electron chi connectivity index (χ0n) is 8.18. The Balaban J connectivity index is 2.54. The summed E-state index contributed by atoms with van der Waals surface area (Å²) in [6.07, 6.45) is 1.37. The molecule has 0 unspecified atom stereocenters. The first-order valence-corrected chi connectivity index (χ1v) is 4.48. The fraction of sp³-hybridized carbons (Fsp3) is 0.200. The molecule has 1 N–H and O–H groups in total. The first kappa shape index (κ1) is 9.79. The summed E-state index contributed by atoms with van der Waals surface area (Å²) in [5, 5.41) is 16.3. The summed E-state index contributed by atoms with van der Waals surface area (Å²) in [6, 6.07) is 4.85. The third-order valence-electron chi connectivity index (χ3n) is 2.12. The van der Waals surface area contributed by atoms with Gasteiger partial charge in [-0.15, -0.1) is 10.2 Å². The van der Waals surface area contributed by atoms with E-state index in [-0.39, 0.29) is 12.4 Å². The number of hydrogen-bond acceptors (Lipinski definition) is 3. The number of aliphatic hydroxyl groups excluding tert-OH is 1. The molecule has 0 spiro atoms. The SMILES string of the molecule is Cc1ccc(-n2cnnc2CO)c(F)c1. The summed E-state index contributed by atoms with van der Waals surface area (Å²) in [7, 11) is 0. The number of aryl methyl sites for hydroxylation is 1. The van der Waals surface area contributed by atoms with Crippen LogP contribution in [0, 0.1) is 12.7 Å². The molecule has 1 aromatic carbocycles. The highest BCUT2D eigenvalue weighted by Gasteiger charge is 2.09. The van der Waals surface area contributed by atoms with Crippen molar-refractivity contribution in [3.8, 4) is 5.69 Å².